The number of benzene rings is 3. The van der Waals surface area contributed by atoms with Crippen molar-refractivity contribution in [1.29, 1.82) is 0 Å². The van der Waals surface area contributed by atoms with Crippen molar-refractivity contribution in [3.63, 3.8) is 0 Å². The van der Waals surface area contributed by atoms with Gasteiger partial charge in [0, 0.05) is 26.2 Å². The number of sulfonamides is 1. The van der Waals surface area contributed by atoms with Crippen LogP contribution in [0.25, 0.3) is 0 Å². The first-order chi connectivity index (χ1) is 17.2. The molecule has 0 radical (unpaired) electrons. The van der Waals surface area contributed by atoms with E-state index in [4.69, 9.17) is 16.3 Å². The third kappa shape index (κ3) is 5.42. The van der Waals surface area contributed by atoms with Crippen LogP contribution in [0.2, 0.25) is 5.02 Å². The Hall–Kier alpha value is -3.30. The minimum absolute atomic E-state index is 0.0669. The molecule has 1 amide bonds. The lowest BCUT2D eigenvalue weighted by atomic mass is 10.2. The fourth-order valence-corrected chi connectivity index (χ4v) is 5.75. The van der Waals surface area contributed by atoms with Crippen LogP contribution in [-0.4, -0.2) is 59.1 Å². The second-order valence-corrected chi connectivity index (χ2v) is 10.7. The number of carbonyl (C=O) groups is 1. The number of ether oxygens (including phenoxy) is 1. The summed E-state index contributed by atoms with van der Waals surface area (Å²) in [5, 5.41) is 0.227. The molecule has 1 aliphatic rings. The van der Waals surface area contributed by atoms with Gasteiger partial charge < -0.3 is 14.5 Å². The summed E-state index contributed by atoms with van der Waals surface area (Å²) in [5.41, 5.74) is 1.65. The Bertz CT molecular complexity index is 1340. The van der Waals surface area contributed by atoms with Crippen molar-refractivity contribution < 1.29 is 22.3 Å². The molecule has 1 aliphatic heterocycles. The number of nitrogens with zero attached hydrogens (tertiary/aromatic N) is 3. The summed E-state index contributed by atoms with van der Waals surface area (Å²) >= 11 is 6.28. The second-order valence-electron chi connectivity index (χ2n) is 8.46. The maximum Gasteiger partial charge on any atom is 0.264 e. The SMILES string of the molecule is COc1ccc(N(CC(=O)N2CCN(c3ccccc3F)CC2)S(=O)(=O)c2ccc(C)cc2)cc1Cl. The normalized spacial score (nSPS) is 14.0. The number of rotatable bonds is 7. The van der Waals surface area contributed by atoms with Crippen LogP contribution >= 0.6 is 11.6 Å². The molecule has 1 heterocycles. The molecule has 190 valence electrons. The van der Waals surface area contributed by atoms with Gasteiger partial charge in [0.1, 0.15) is 18.1 Å². The number of halogens is 2. The first-order valence-corrected chi connectivity index (χ1v) is 13.2. The van der Waals surface area contributed by atoms with E-state index in [2.05, 4.69) is 0 Å². The highest BCUT2D eigenvalue weighted by molar-refractivity contribution is 7.92. The van der Waals surface area contributed by atoms with Gasteiger partial charge in [-0.3, -0.25) is 9.10 Å². The van der Waals surface area contributed by atoms with Gasteiger partial charge >= 0.3 is 0 Å². The molecule has 0 atom stereocenters. The van der Waals surface area contributed by atoms with Crippen molar-refractivity contribution in [3.05, 3.63) is 83.1 Å². The number of carbonyl (C=O) groups excluding carboxylic acids is 1. The Morgan fingerprint density at radius 1 is 1.03 bits per heavy atom. The first kappa shape index (κ1) is 25.8. The number of aryl methyl sites for hydroxylation is 1. The molecule has 7 nitrogen and oxygen atoms in total. The van der Waals surface area contributed by atoms with Gasteiger partial charge in [-0.05, 0) is 49.4 Å². The van der Waals surface area contributed by atoms with Gasteiger partial charge in [-0.25, -0.2) is 12.8 Å². The van der Waals surface area contributed by atoms with Crippen LogP contribution < -0.4 is 13.9 Å². The van der Waals surface area contributed by atoms with Crippen LogP contribution in [0.3, 0.4) is 0 Å². The summed E-state index contributed by atoms with van der Waals surface area (Å²) in [6.07, 6.45) is 0. The number of hydrogen-bond donors (Lipinski definition) is 0. The monoisotopic (exact) mass is 531 g/mol. The average Bonchev–Trinajstić information content (AvgIpc) is 2.87. The van der Waals surface area contributed by atoms with E-state index in [-0.39, 0.29) is 27.3 Å². The third-order valence-corrected chi connectivity index (χ3v) is 8.22. The number of para-hydroxylation sites is 1. The van der Waals surface area contributed by atoms with Gasteiger partial charge in [0.2, 0.25) is 5.91 Å². The highest BCUT2D eigenvalue weighted by atomic mass is 35.5. The lowest BCUT2D eigenvalue weighted by Gasteiger charge is -2.37. The predicted molar refractivity (Wildman–Crippen MR) is 139 cm³/mol. The predicted octanol–water partition coefficient (Wildman–Crippen LogP) is 4.34. The molecule has 0 bridgehead atoms. The van der Waals surface area contributed by atoms with Crippen molar-refractivity contribution in [2.24, 2.45) is 0 Å². The molecule has 3 aromatic rings. The van der Waals surface area contributed by atoms with E-state index in [9.17, 15) is 17.6 Å². The van der Waals surface area contributed by atoms with Crippen LogP contribution in [0.15, 0.2) is 71.6 Å². The van der Waals surface area contributed by atoms with Gasteiger partial charge in [0.15, 0.2) is 0 Å². The molecule has 1 saturated heterocycles. The molecule has 0 saturated carbocycles. The van der Waals surface area contributed by atoms with Crippen LogP contribution in [0.4, 0.5) is 15.8 Å². The maximum atomic E-state index is 14.2. The Morgan fingerprint density at radius 3 is 2.31 bits per heavy atom. The van der Waals surface area contributed by atoms with E-state index in [1.807, 2.05) is 11.8 Å². The molecular weight excluding hydrogens is 505 g/mol. The zero-order chi connectivity index (χ0) is 25.9. The molecular formula is C26H27ClFN3O4S. The Morgan fingerprint density at radius 2 is 1.69 bits per heavy atom. The van der Waals surface area contributed by atoms with Crippen LogP contribution in [0.5, 0.6) is 5.75 Å². The lowest BCUT2D eigenvalue weighted by molar-refractivity contribution is -0.129. The molecule has 0 aliphatic carbocycles. The number of methoxy groups -OCH3 is 1. The Kier molecular flexibility index (Phi) is 7.70. The van der Waals surface area contributed by atoms with Crippen molar-refractivity contribution in [1.82, 2.24) is 4.90 Å². The van der Waals surface area contributed by atoms with E-state index < -0.39 is 16.6 Å². The van der Waals surface area contributed by atoms with Crippen molar-refractivity contribution >= 4 is 38.9 Å². The highest BCUT2D eigenvalue weighted by Crippen LogP contribution is 2.32. The summed E-state index contributed by atoms with van der Waals surface area (Å²) in [5.74, 6) is -0.279. The molecule has 1 fully saturated rings. The van der Waals surface area contributed by atoms with Crippen LogP contribution in [0.1, 0.15) is 5.56 Å². The number of anilines is 2. The standard InChI is InChI=1S/C26H27ClFN3O4S/c1-19-7-10-21(11-8-19)36(33,34)31(20-9-12-25(35-2)22(27)17-20)18-26(32)30-15-13-29(14-16-30)24-6-4-3-5-23(24)28/h3-12,17H,13-16,18H2,1-2H3. The molecule has 36 heavy (non-hydrogen) atoms. The van der Waals surface area contributed by atoms with Gasteiger partial charge in [0.05, 0.1) is 28.4 Å². The summed E-state index contributed by atoms with van der Waals surface area (Å²) < 4.78 is 47.7. The van der Waals surface area contributed by atoms with Crippen molar-refractivity contribution in [2.45, 2.75) is 11.8 Å². The zero-order valence-corrected chi connectivity index (χ0v) is 21.6. The summed E-state index contributed by atoms with van der Waals surface area (Å²) in [6.45, 7) is 3.02. The van der Waals surface area contributed by atoms with Gasteiger partial charge in [-0.15, -0.1) is 0 Å². The van der Waals surface area contributed by atoms with E-state index in [0.717, 1.165) is 9.87 Å². The zero-order valence-electron chi connectivity index (χ0n) is 20.0. The summed E-state index contributed by atoms with van der Waals surface area (Å²) in [4.78, 5) is 16.8. The largest absolute Gasteiger partial charge is 0.495 e. The van der Waals surface area contributed by atoms with Crippen molar-refractivity contribution in [2.75, 3.05) is 49.0 Å². The molecule has 0 aromatic heterocycles. The molecule has 4 rings (SSSR count). The van der Waals surface area contributed by atoms with E-state index in [0.29, 0.717) is 37.6 Å². The summed E-state index contributed by atoms with van der Waals surface area (Å²) in [7, 11) is -2.61. The molecule has 0 spiro atoms. The lowest BCUT2D eigenvalue weighted by Crippen LogP contribution is -2.52. The van der Waals surface area contributed by atoms with E-state index in [1.165, 1.54) is 31.4 Å². The van der Waals surface area contributed by atoms with Gasteiger partial charge in [0.25, 0.3) is 10.0 Å². The fourth-order valence-electron chi connectivity index (χ4n) is 4.09. The fraction of sp³-hybridized carbons (Fsp3) is 0.269. The van der Waals surface area contributed by atoms with Gasteiger partial charge in [-0.2, -0.15) is 0 Å². The highest BCUT2D eigenvalue weighted by Gasteiger charge is 2.31. The average molecular weight is 532 g/mol. The van der Waals surface area contributed by atoms with E-state index >= 15 is 0 Å². The molecule has 0 N–H and O–H groups in total. The maximum absolute atomic E-state index is 14.2. The third-order valence-electron chi connectivity index (χ3n) is 6.14. The molecule has 10 heteroatoms. The number of hydrogen-bond acceptors (Lipinski definition) is 5. The Balaban J connectivity index is 1.57. The first-order valence-electron chi connectivity index (χ1n) is 11.4. The quantitative estimate of drug-likeness (QED) is 0.453. The smallest absolute Gasteiger partial charge is 0.264 e. The topological polar surface area (TPSA) is 70.2 Å². The summed E-state index contributed by atoms with van der Waals surface area (Å²) in [6, 6.07) is 17.5. The van der Waals surface area contributed by atoms with Crippen LogP contribution in [0, 0.1) is 12.7 Å². The minimum atomic E-state index is -4.07. The molecule has 3 aromatic carbocycles. The van der Waals surface area contributed by atoms with Gasteiger partial charge in [-0.1, -0.05) is 41.4 Å². The number of amides is 1. The Labute approximate surface area is 215 Å². The van der Waals surface area contributed by atoms with Crippen molar-refractivity contribution in [3.8, 4) is 5.75 Å². The van der Waals surface area contributed by atoms with E-state index in [1.54, 1.807) is 47.4 Å². The molecule has 0 unspecified atom stereocenters. The van der Waals surface area contributed by atoms with Crippen LogP contribution in [-0.2, 0) is 14.8 Å². The second kappa shape index (κ2) is 10.8. The number of piperazine rings is 1. The minimum Gasteiger partial charge on any atom is -0.495 e.